The minimum atomic E-state index is -1.07. The lowest BCUT2D eigenvalue weighted by Crippen LogP contribution is -2.11. The van der Waals surface area contributed by atoms with E-state index in [-0.39, 0.29) is 11.1 Å². The highest BCUT2D eigenvalue weighted by atomic mass is 19.1. The van der Waals surface area contributed by atoms with Gasteiger partial charge in [0.2, 0.25) is 5.75 Å². The number of rotatable bonds is 7. The maximum atomic E-state index is 14.3. The lowest BCUT2D eigenvalue weighted by molar-refractivity contribution is 0.0720. The molecule has 164 valence electrons. The van der Waals surface area contributed by atoms with E-state index in [2.05, 4.69) is 18.8 Å². The zero-order valence-electron chi connectivity index (χ0n) is 17.5. The molecule has 0 heterocycles. The molecule has 0 amide bonds. The zero-order chi connectivity index (χ0) is 22.9. The largest absolute Gasteiger partial charge is 0.494 e. The highest BCUT2D eigenvalue weighted by Crippen LogP contribution is 2.24. The number of carbonyl (C=O) groups is 1. The molecule has 3 nitrogen and oxygen atoms in total. The van der Waals surface area contributed by atoms with Crippen LogP contribution in [-0.4, -0.2) is 12.6 Å². The summed E-state index contributed by atoms with van der Waals surface area (Å²) in [5.41, 5.74) is 0.701. The van der Waals surface area contributed by atoms with E-state index in [1.807, 2.05) is 0 Å². The standard InChI is InChI=1S/C26H21F3O3/c1-2-3-4-15-31-22-13-7-18(8-14-22)5-6-19-16-23(28)25(24(29)17-19)32-26(30)20-9-11-21(27)12-10-20/h7-14,16-17H,2-4,15H2,1H3. The Morgan fingerprint density at radius 3 is 2.09 bits per heavy atom. The molecule has 0 unspecified atom stereocenters. The molecule has 0 aliphatic rings. The third-order valence-corrected chi connectivity index (χ3v) is 4.50. The predicted octanol–water partition coefficient (Wildman–Crippen LogP) is 6.29. The van der Waals surface area contributed by atoms with Crippen molar-refractivity contribution in [2.75, 3.05) is 6.61 Å². The summed E-state index contributed by atoms with van der Waals surface area (Å²) in [6.07, 6.45) is 3.22. The molecule has 0 aromatic heterocycles. The number of esters is 1. The van der Waals surface area contributed by atoms with E-state index in [0.717, 1.165) is 61.4 Å². The molecule has 0 saturated heterocycles. The first-order chi connectivity index (χ1) is 15.5. The lowest BCUT2D eigenvalue weighted by Gasteiger charge is -2.07. The van der Waals surface area contributed by atoms with Crippen LogP contribution in [0.5, 0.6) is 11.5 Å². The predicted molar refractivity (Wildman–Crippen MR) is 115 cm³/mol. The number of halogens is 3. The average Bonchev–Trinajstić information content (AvgIpc) is 2.79. The minimum Gasteiger partial charge on any atom is -0.494 e. The van der Waals surface area contributed by atoms with Gasteiger partial charge in [0.05, 0.1) is 12.2 Å². The molecule has 0 radical (unpaired) electrons. The molecule has 3 rings (SSSR count). The number of hydrogen-bond acceptors (Lipinski definition) is 3. The van der Waals surface area contributed by atoms with Crippen LogP contribution >= 0.6 is 0 Å². The molecule has 0 N–H and O–H groups in total. The number of benzene rings is 3. The van der Waals surface area contributed by atoms with Crippen molar-refractivity contribution in [3.05, 3.63) is 94.8 Å². The van der Waals surface area contributed by atoms with Crippen molar-refractivity contribution in [1.82, 2.24) is 0 Å². The van der Waals surface area contributed by atoms with Crippen LogP contribution in [0.1, 0.15) is 47.7 Å². The second kappa shape index (κ2) is 11.1. The van der Waals surface area contributed by atoms with E-state index in [9.17, 15) is 18.0 Å². The molecule has 3 aromatic rings. The van der Waals surface area contributed by atoms with Crippen molar-refractivity contribution in [1.29, 1.82) is 0 Å². The van der Waals surface area contributed by atoms with Gasteiger partial charge in [-0.15, -0.1) is 0 Å². The van der Waals surface area contributed by atoms with E-state index in [0.29, 0.717) is 12.2 Å². The Balaban J connectivity index is 1.67. The fraction of sp³-hybridized carbons (Fsp3) is 0.192. The maximum Gasteiger partial charge on any atom is 0.343 e. The molecule has 0 aliphatic heterocycles. The fourth-order valence-corrected chi connectivity index (χ4v) is 2.79. The third kappa shape index (κ3) is 6.39. The highest BCUT2D eigenvalue weighted by Gasteiger charge is 2.17. The summed E-state index contributed by atoms with van der Waals surface area (Å²) in [5, 5.41) is 0. The van der Waals surface area contributed by atoms with E-state index < -0.39 is 29.2 Å². The second-order valence-electron chi connectivity index (χ2n) is 7.00. The van der Waals surface area contributed by atoms with Gasteiger partial charge in [0.15, 0.2) is 11.6 Å². The summed E-state index contributed by atoms with van der Waals surface area (Å²) in [6, 6.07) is 13.5. The molecule has 0 spiro atoms. The van der Waals surface area contributed by atoms with Crippen molar-refractivity contribution in [2.24, 2.45) is 0 Å². The Bertz CT molecular complexity index is 1100. The van der Waals surface area contributed by atoms with E-state index in [1.54, 1.807) is 24.3 Å². The SMILES string of the molecule is CCCCCOc1ccc(C#Cc2cc(F)c(OC(=O)c3ccc(F)cc3)c(F)c2)cc1. The quantitative estimate of drug-likeness (QED) is 0.188. The molecule has 0 saturated carbocycles. The fourth-order valence-electron chi connectivity index (χ4n) is 2.79. The molecule has 32 heavy (non-hydrogen) atoms. The summed E-state index contributed by atoms with van der Waals surface area (Å²) in [6.45, 7) is 2.77. The van der Waals surface area contributed by atoms with Gasteiger partial charge in [-0.2, -0.15) is 0 Å². The Morgan fingerprint density at radius 2 is 1.47 bits per heavy atom. The first-order valence-electron chi connectivity index (χ1n) is 10.2. The van der Waals surface area contributed by atoms with Crippen LogP contribution < -0.4 is 9.47 Å². The van der Waals surface area contributed by atoms with Gasteiger partial charge in [-0.3, -0.25) is 0 Å². The number of ether oxygens (including phenoxy) is 2. The van der Waals surface area contributed by atoms with Crippen LogP contribution in [0.15, 0.2) is 60.7 Å². The van der Waals surface area contributed by atoms with Crippen LogP contribution in [0.4, 0.5) is 13.2 Å². The molecule has 0 aliphatic carbocycles. The Hall–Kier alpha value is -3.72. The molecule has 0 atom stereocenters. The van der Waals surface area contributed by atoms with Crippen molar-refractivity contribution in [2.45, 2.75) is 26.2 Å². The summed E-state index contributed by atoms with van der Waals surface area (Å²) in [4.78, 5) is 12.0. The van der Waals surface area contributed by atoms with Gasteiger partial charge in [0.25, 0.3) is 0 Å². The number of carbonyl (C=O) groups excluding carboxylic acids is 1. The molecule has 0 bridgehead atoms. The van der Waals surface area contributed by atoms with Crippen LogP contribution in [0, 0.1) is 29.3 Å². The third-order valence-electron chi connectivity index (χ3n) is 4.50. The Kier molecular flexibility index (Phi) is 7.93. The zero-order valence-corrected chi connectivity index (χ0v) is 17.5. The van der Waals surface area contributed by atoms with Gasteiger partial charge in [0, 0.05) is 11.1 Å². The summed E-state index contributed by atoms with van der Waals surface area (Å²) >= 11 is 0. The van der Waals surface area contributed by atoms with E-state index >= 15 is 0 Å². The second-order valence-corrected chi connectivity index (χ2v) is 7.00. The van der Waals surface area contributed by atoms with Gasteiger partial charge < -0.3 is 9.47 Å². The van der Waals surface area contributed by atoms with Crippen LogP contribution in [-0.2, 0) is 0 Å². The Labute approximate surface area is 184 Å². The normalized spacial score (nSPS) is 10.2. The van der Waals surface area contributed by atoms with Crippen LogP contribution in [0.3, 0.4) is 0 Å². The van der Waals surface area contributed by atoms with Gasteiger partial charge in [-0.25, -0.2) is 18.0 Å². The number of hydrogen-bond donors (Lipinski definition) is 0. The van der Waals surface area contributed by atoms with Crippen molar-refractivity contribution < 1.29 is 27.4 Å². The molecule has 6 heteroatoms. The molecular weight excluding hydrogens is 417 g/mol. The lowest BCUT2D eigenvalue weighted by atomic mass is 10.1. The van der Waals surface area contributed by atoms with Crippen molar-refractivity contribution >= 4 is 5.97 Å². The van der Waals surface area contributed by atoms with Gasteiger partial charge >= 0.3 is 5.97 Å². The molecular formula is C26H21F3O3. The van der Waals surface area contributed by atoms with E-state index in [4.69, 9.17) is 9.47 Å². The summed E-state index contributed by atoms with van der Waals surface area (Å²) in [7, 11) is 0. The first-order valence-corrected chi connectivity index (χ1v) is 10.2. The number of unbranched alkanes of at least 4 members (excludes halogenated alkanes) is 2. The average molecular weight is 438 g/mol. The van der Waals surface area contributed by atoms with Crippen LogP contribution in [0.2, 0.25) is 0 Å². The monoisotopic (exact) mass is 438 g/mol. The van der Waals surface area contributed by atoms with Gasteiger partial charge in [0.1, 0.15) is 11.6 Å². The molecule has 0 fully saturated rings. The van der Waals surface area contributed by atoms with Crippen molar-refractivity contribution in [3.63, 3.8) is 0 Å². The molecule has 3 aromatic carbocycles. The van der Waals surface area contributed by atoms with E-state index in [1.165, 1.54) is 0 Å². The van der Waals surface area contributed by atoms with Crippen LogP contribution in [0.25, 0.3) is 0 Å². The Morgan fingerprint density at radius 1 is 0.844 bits per heavy atom. The van der Waals surface area contributed by atoms with Gasteiger partial charge in [-0.1, -0.05) is 31.6 Å². The van der Waals surface area contributed by atoms with Crippen molar-refractivity contribution in [3.8, 4) is 23.3 Å². The minimum absolute atomic E-state index is 0.0353. The smallest absolute Gasteiger partial charge is 0.343 e. The topological polar surface area (TPSA) is 35.5 Å². The maximum absolute atomic E-state index is 14.3. The van der Waals surface area contributed by atoms with Gasteiger partial charge in [-0.05, 0) is 67.1 Å². The first kappa shape index (κ1) is 23.0. The summed E-state index contributed by atoms with van der Waals surface area (Å²) < 4.78 is 52.1. The summed E-state index contributed by atoms with van der Waals surface area (Å²) in [5.74, 6) is 1.73. The highest BCUT2D eigenvalue weighted by molar-refractivity contribution is 5.91.